The molecule has 0 saturated carbocycles. The van der Waals surface area contributed by atoms with E-state index in [9.17, 15) is 18.0 Å². The van der Waals surface area contributed by atoms with Gasteiger partial charge < -0.3 is 14.6 Å². The van der Waals surface area contributed by atoms with Gasteiger partial charge in [0.05, 0.1) is 11.8 Å². The summed E-state index contributed by atoms with van der Waals surface area (Å²) in [4.78, 5) is 17.6. The van der Waals surface area contributed by atoms with Gasteiger partial charge in [0, 0.05) is 24.2 Å². The second-order valence-corrected chi connectivity index (χ2v) is 6.12. The van der Waals surface area contributed by atoms with Gasteiger partial charge in [-0.3, -0.25) is 4.79 Å². The van der Waals surface area contributed by atoms with Crippen LogP contribution in [-0.4, -0.2) is 34.4 Å². The maximum absolute atomic E-state index is 12.8. The Balaban J connectivity index is 1.72. The second kappa shape index (κ2) is 6.71. The van der Waals surface area contributed by atoms with Crippen LogP contribution in [0.5, 0.6) is 0 Å². The number of alkyl halides is 3. The molecule has 1 amide bonds. The number of likely N-dealkylation sites (tertiary alicyclic amines) is 1. The van der Waals surface area contributed by atoms with Gasteiger partial charge in [-0.25, -0.2) is 4.98 Å². The summed E-state index contributed by atoms with van der Waals surface area (Å²) in [5.74, 6) is -0.736. The lowest BCUT2D eigenvalue weighted by Gasteiger charge is -2.11. The minimum atomic E-state index is -4.47. The van der Waals surface area contributed by atoms with E-state index < -0.39 is 17.6 Å². The van der Waals surface area contributed by atoms with Crippen molar-refractivity contribution < 1.29 is 22.4 Å². The van der Waals surface area contributed by atoms with Gasteiger partial charge in [-0.1, -0.05) is 12.1 Å². The average Bonchev–Trinajstić information content (AvgIpc) is 3.21. The zero-order valence-corrected chi connectivity index (χ0v) is 13.7. The highest BCUT2D eigenvalue weighted by Crippen LogP contribution is 2.32. The Morgan fingerprint density at radius 2 is 2.23 bits per heavy atom. The Bertz CT molecular complexity index is 856. The summed E-state index contributed by atoms with van der Waals surface area (Å²) in [5, 5.41) is 11.7. The van der Waals surface area contributed by atoms with Crippen molar-refractivity contribution in [2.24, 2.45) is 0 Å². The topological polar surface area (TPSA) is 82.2 Å². The van der Waals surface area contributed by atoms with Crippen LogP contribution in [0.15, 0.2) is 34.9 Å². The van der Waals surface area contributed by atoms with Crippen LogP contribution in [0.25, 0.3) is 11.3 Å². The maximum atomic E-state index is 12.8. The SMILES string of the molecule is C[C@H]1C[C@@H](NC(=O)c2ncc(-c3cccc(C(F)(F)F)c3)o2)CN1C#N. The van der Waals surface area contributed by atoms with E-state index in [1.165, 1.54) is 18.3 Å². The first-order chi connectivity index (χ1) is 12.3. The third-order valence-electron chi connectivity index (χ3n) is 4.21. The zero-order chi connectivity index (χ0) is 18.9. The van der Waals surface area contributed by atoms with Crippen molar-refractivity contribution in [3.63, 3.8) is 0 Å². The van der Waals surface area contributed by atoms with E-state index in [0.29, 0.717) is 13.0 Å². The van der Waals surface area contributed by atoms with Crippen LogP contribution in [0.4, 0.5) is 13.2 Å². The molecule has 1 aliphatic heterocycles. The molecule has 6 nitrogen and oxygen atoms in total. The summed E-state index contributed by atoms with van der Waals surface area (Å²) in [7, 11) is 0. The van der Waals surface area contributed by atoms with E-state index in [4.69, 9.17) is 9.68 Å². The molecule has 0 spiro atoms. The standard InChI is InChI=1S/C17H15F3N4O2/c1-10-5-13(8-24(10)9-21)23-15(25)16-22-7-14(26-16)11-3-2-4-12(6-11)17(18,19)20/h2-4,6-7,10,13H,5,8H2,1H3,(H,23,25)/t10-,13+/m0/s1. The fourth-order valence-electron chi connectivity index (χ4n) is 2.88. The van der Waals surface area contributed by atoms with Gasteiger partial charge >= 0.3 is 12.1 Å². The van der Waals surface area contributed by atoms with E-state index in [0.717, 1.165) is 12.1 Å². The van der Waals surface area contributed by atoms with Crippen LogP contribution in [0.1, 0.15) is 29.6 Å². The van der Waals surface area contributed by atoms with Gasteiger partial charge in [0.1, 0.15) is 0 Å². The summed E-state index contributed by atoms with van der Waals surface area (Å²) in [6.45, 7) is 2.27. The van der Waals surface area contributed by atoms with Gasteiger partial charge in [-0.2, -0.15) is 18.4 Å². The number of halogens is 3. The summed E-state index contributed by atoms with van der Waals surface area (Å²) >= 11 is 0. The highest BCUT2D eigenvalue weighted by molar-refractivity contribution is 5.90. The Morgan fingerprint density at radius 3 is 2.88 bits per heavy atom. The first kappa shape index (κ1) is 17.8. The van der Waals surface area contributed by atoms with Crippen molar-refractivity contribution in [3.05, 3.63) is 41.9 Å². The Hall–Kier alpha value is -3.02. The molecule has 3 rings (SSSR count). The Kier molecular flexibility index (Phi) is 4.59. The van der Waals surface area contributed by atoms with Crippen molar-refractivity contribution in [3.8, 4) is 17.5 Å². The molecule has 0 unspecified atom stereocenters. The molecule has 2 heterocycles. The van der Waals surface area contributed by atoms with E-state index in [1.54, 1.807) is 4.90 Å². The molecule has 1 aromatic heterocycles. The largest absolute Gasteiger partial charge is 0.432 e. The number of amides is 1. The number of nitrogens with zero attached hydrogens (tertiary/aromatic N) is 3. The van der Waals surface area contributed by atoms with Gasteiger partial charge in [-0.15, -0.1) is 0 Å². The van der Waals surface area contributed by atoms with Gasteiger partial charge in [-0.05, 0) is 25.5 Å². The monoisotopic (exact) mass is 364 g/mol. The van der Waals surface area contributed by atoms with E-state index >= 15 is 0 Å². The van der Waals surface area contributed by atoms with Crippen molar-refractivity contribution in [2.75, 3.05) is 6.54 Å². The third-order valence-corrected chi connectivity index (χ3v) is 4.21. The number of nitrogens with one attached hydrogen (secondary N) is 1. The lowest BCUT2D eigenvalue weighted by atomic mass is 10.1. The lowest BCUT2D eigenvalue weighted by Crippen LogP contribution is -2.36. The van der Waals surface area contributed by atoms with Crippen LogP contribution in [0, 0.1) is 11.5 Å². The number of rotatable bonds is 3. The lowest BCUT2D eigenvalue weighted by molar-refractivity contribution is -0.137. The molecule has 1 saturated heterocycles. The quantitative estimate of drug-likeness (QED) is 0.847. The van der Waals surface area contributed by atoms with E-state index in [1.807, 2.05) is 6.92 Å². The number of hydrogen-bond acceptors (Lipinski definition) is 5. The normalized spacial score (nSPS) is 20.0. The molecular formula is C17H15F3N4O2. The van der Waals surface area contributed by atoms with Crippen LogP contribution in [0.3, 0.4) is 0 Å². The van der Waals surface area contributed by atoms with Gasteiger partial charge in [0.25, 0.3) is 5.89 Å². The smallest absolute Gasteiger partial charge is 0.416 e. The fourth-order valence-corrected chi connectivity index (χ4v) is 2.88. The third kappa shape index (κ3) is 3.64. The van der Waals surface area contributed by atoms with Gasteiger partial charge in [0.15, 0.2) is 12.0 Å². The van der Waals surface area contributed by atoms with Crippen molar-refractivity contribution >= 4 is 5.91 Å². The molecule has 136 valence electrons. The molecular weight excluding hydrogens is 349 g/mol. The molecule has 0 aliphatic carbocycles. The predicted molar refractivity (Wildman–Crippen MR) is 84.6 cm³/mol. The second-order valence-electron chi connectivity index (χ2n) is 6.12. The molecule has 1 aliphatic rings. The van der Waals surface area contributed by atoms with Crippen LogP contribution >= 0.6 is 0 Å². The van der Waals surface area contributed by atoms with Crippen molar-refractivity contribution in [2.45, 2.75) is 31.6 Å². The number of benzene rings is 1. The molecule has 1 N–H and O–H groups in total. The summed E-state index contributed by atoms with van der Waals surface area (Å²) in [6.07, 6.45) is -0.596. The fraction of sp³-hybridized carbons (Fsp3) is 0.353. The maximum Gasteiger partial charge on any atom is 0.416 e. The average molecular weight is 364 g/mol. The zero-order valence-electron chi connectivity index (χ0n) is 13.7. The molecule has 0 bridgehead atoms. The molecule has 1 aromatic carbocycles. The molecule has 26 heavy (non-hydrogen) atoms. The highest BCUT2D eigenvalue weighted by Gasteiger charge is 2.32. The number of carbonyl (C=O) groups excluding carboxylic acids is 1. The number of hydrogen-bond donors (Lipinski definition) is 1. The molecule has 2 aromatic rings. The molecule has 0 radical (unpaired) electrons. The first-order valence-electron chi connectivity index (χ1n) is 7.88. The number of nitriles is 1. The minimum absolute atomic E-state index is 0.0236. The summed E-state index contributed by atoms with van der Waals surface area (Å²) in [6, 6.07) is 4.40. The summed E-state index contributed by atoms with van der Waals surface area (Å²) < 4.78 is 43.7. The minimum Gasteiger partial charge on any atom is -0.432 e. The molecule has 2 atom stereocenters. The highest BCUT2D eigenvalue weighted by atomic mass is 19.4. The van der Waals surface area contributed by atoms with Crippen LogP contribution < -0.4 is 5.32 Å². The Morgan fingerprint density at radius 1 is 1.46 bits per heavy atom. The van der Waals surface area contributed by atoms with E-state index in [-0.39, 0.29) is 29.3 Å². The first-order valence-corrected chi connectivity index (χ1v) is 7.88. The number of oxazole rings is 1. The Labute approximate surface area is 147 Å². The van der Waals surface area contributed by atoms with Crippen molar-refractivity contribution in [1.82, 2.24) is 15.2 Å². The summed E-state index contributed by atoms with van der Waals surface area (Å²) in [5.41, 5.74) is -0.634. The van der Waals surface area contributed by atoms with E-state index in [2.05, 4.69) is 16.5 Å². The van der Waals surface area contributed by atoms with Crippen LogP contribution in [0.2, 0.25) is 0 Å². The van der Waals surface area contributed by atoms with Gasteiger partial charge in [0.2, 0.25) is 0 Å². The predicted octanol–water partition coefficient (Wildman–Crippen LogP) is 3.03. The molecule has 1 fully saturated rings. The number of aromatic nitrogens is 1. The van der Waals surface area contributed by atoms with Crippen LogP contribution in [-0.2, 0) is 6.18 Å². The molecule has 9 heteroatoms. The van der Waals surface area contributed by atoms with Crippen molar-refractivity contribution in [1.29, 1.82) is 5.26 Å². The number of carbonyl (C=O) groups is 1.